The Hall–Kier alpha value is -1.63. The number of aliphatic hydroxyl groups excluding tert-OH is 1. The zero-order chi connectivity index (χ0) is 20.2. The van der Waals surface area contributed by atoms with Gasteiger partial charge in [0.05, 0.1) is 19.3 Å². The second-order valence-electron chi connectivity index (χ2n) is 7.85. The molecule has 0 saturated carbocycles. The number of nitrogens with one attached hydrogen (secondary N) is 2. The lowest BCUT2D eigenvalue weighted by atomic mass is 10.00. The van der Waals surface area contributed by atoms with Crippen molar-refractivity contribution in [1.82, 2.24) is 15.5 Å². The summed E-state index contributed by atoms with van der Waals surface area (Å²) < 4.78 is 5.63. The first-order valence-corrected chi connectivity index (χ1v) is 10.7. The van der Waals surface area contributed by atoms with Gasteiger partial charge in [-0.05, 0) is 36.8 Å². The molecule has 0 aromatic heterocycles. The minimum atomic E-state index is -0.469. The van der Waals surface area contributed by atoms with Crippen LogP contribution in [-0.2, 0) is 17.7 Å². The van der Waals surface area contributed by atoms with E-state index in [0.717, 1.165) is 45.0 Å². The number of fused-ring (bicyclic) bond motifs is 1. The van der Waals surface area contributed by atoms with Crippen LogP contribution in [0.2, 0.25) is 0 Å². The summed E-state index contributed by atoms with van der Waals surface area (Å²) in [5.74, 6) is 1.40. The van der Waals surface area contributed by atoms with Crippen molar-refractivity contribution in [2.75, 3.05) is 45.9 Å². The van der Waals surface area contributed by atoms with Gasteiger partial charge in [-0.2, -0.15) is 0 Å². The molecule has 0 spiro atoms. The standard InChI is InChI=1S/C22H38N4O2/c1-4-23-22(24-11-14-28-13-10-18(2)3)25-15-21(27)17-26-12-9-19-7-5-6-8-20(19)16-26/h5-8,18,21,27H,4,9-17H2,1-3H3,(H2,23,24,25). The third-order valence-corrected chi connectivity index (χ3v) is 4.86. The Labute approximate surface area is 170 Å². The molecule has 1 heterocycles. The van der Waals surface area contributed by atoms with Gasteiger partial charge in [0.1, 0.15) is 0 Å². The number of aliphatic imine (C=N–C) groups is 1. The van der Waals surface area contributed by atoms with Crippen LogP contribution in [0.4, 0.5) is 0 Å². The van der Waals surface area contributed by atoms with Gasteiger partial charge in [0.15, 0.2) is 5.96 Å². The second kappa shape index (κ2) is 12.8. The summed E-state index contributed by atoms with van der Waals surface area (Å²) in [4.78, 5) is 6.84. The molecule has 3 N–H and O–H groups in total. The van der Waals surface area contributed by atoms with E-state index in [1.165, 1.54) is 11.1 Å². The van der Waals surface area contributed by atoms with Crippen molar-refractivity contribution in [3.05, 3.63) is 35.4 Å². The van der Waals surface area contributed by atoms with Crippen molar-refractivity contribution in [2.24, 2.45) is 10.9 Å². The summed E-state index contributed by atoms with van der Waals surface area (Å²) in [5.41, 5.74) is 2.80. The highest BCUT2D eigenvalue weighted by molar-refractivity contribution is 5.79. The molecule has 0 radical (unpaired) electrons. The minimum absolute atomic E-state index is 0.391. The van der Waals surface area contributed by atoms with E-state index in [-0.39, 0.29) is 0 Å². The Morgan fingerprint density at radius 3 is 2.75 bits per heavy atom. The highest BCUT2D eigenvalue weighted by Gasteiger charge is 2.18. The molecule has 0 aliphatic carbocycles. The first-order chi connectivity index (χ1) is 13.6. The SMILES string of the molecule is CCNC(=NCC(O)CN1CCc2ccccc2C1)NCCOCCC(C)C. The average molecular weight is 391 g/mol. The van der Waals surface area contributed by atoms with Crippen LogP contribution in [0, 0.1) is 5.92 Å². The maximum atomic E-state index is 10.4. The lowest BCUT2D eigenvalue weighted by molar-refractivity contribution is 0.111. The Morgan fingerprint density at radius 1 is 1.21 bits per heavy atom. The Bertz CT molecular complexity index is 592. The smallest absolute Gasteiger partial charge is 0.191 e. The van der Waals surface area contributed by atoms with Gasteiger partial charge in [-0.3, -0.25) is 9.89 Å². The van der Waals surface area contributed by atoms with E-state index in [1.807, 2.05) is 6.92 Å². The van der Waals surface area contributed by atoms with Crippen LogP contribution < -0.4 is 10.6 Å². The van der Waals surface area contributed by atoms with Crippen molar-refractivity contribution in [3.8, 4) is 0 Å². The summed E-state index contributed by atoms with van der Waals surface area (Å²) in [7, 11) is 0. The lowest BCUT2D eigenvalue weighted by Crippen LogP contribution is -2.41. The van der Waals surface area contributed by atoms with Crippen molar-refractivity contribution in [2.45, 2.75) is 46.3 Å². The van der Waals surface area contributed by atoms with E-state index >= 15 is 0 Å². The van der Waals surface area contributed by atoms with Gasteiger partial charge in [-0.1, -0.05) is 38.1 Å². The van der Waals surface area contributed by atoms with Gasteiger partial charge in [0.2, 0.25) is 0 Å². The summed E-state index contributed by atoms with van der Waals surface area (Å²) in [5, 5.41) is 16.9. The predicted molar refractivity (Wildman–Crippen MR) is 116 cm³/mol. The van der Waals surface area contributed by atoms with Crippen molar-refractivity contribution in [3.63, 3.8) is 0 Å². The quantitative estimate of drug-likeness (QED) is 0.306. The van der Waals surface area contributed by atoms with E-state index in [9.17, 15) is 5.11 Å². The maximum absolute atomic E-state index is 10.4. The molecule has 28 heavy (non-hydrogen) atoms. The number of benzene rings is 1. The topological polar surface area (TPSA) is 69.1 Å². The van der Waals surface area contributed by atoms with Crippen molar-refractivity contribution in [1.29, 1.82) is 0 Å². The molecule has 6 nitrogen and oxygen atoms in total. The minimum Gasteiger partial charge on any atom is -0.390 e. The molecule has 0 saturated heterocycles. The molecule has 1 aliphatic heterocycles. The lowest BCUT2D eigenvalue weighted by Gasteiger charge is -2.30. The molecule has 1 aromatic carbocycles. The van der Waals surface area contributed by atoms with Crippen LogP contribution in [-0.4, -0.2) is 68.0 Å². The zero-order valence-corrected chi connectivity index (χ0v) is 17.8. The first-order valence-electron chi connectivity index (χ1n) is 10.7. The van der Waals surface area contributed by atoms with Crippen molar-refractivity contribution >= 4 is 5.96 Å². The van der Waals surface area contributed by atoms with Crippen LogP contribution in [0.15, 0.2) is 29.3 Å². The fourth-order valence-corrected chi connectivity index (χ4v) is 3.27. The zero-order valence-electron chi connectivity index (χ0n) is 17.8. The summed E-state index contributed by atoms with van der Waals surface area (Å²) in [6, 6.07) is 8.57. The number of guanidine groups is 1. The molecule has 1 aliphatic rings. The molecule has 1 aromatic rings. The van der Waals surface area contributed by atoms with Gasteiger partial charge < -0.3 is 20.5 Å². The Kier molecular flexibility index (Phi) is 10.3. The fraction of sp³-hybridized carbons (Fsp3) is 0.682. The number of β-amino-alcohol motifs (C(OH)–C–C–N with tert-alkyl or cyclic N) is 1. The molecule has 6 heteroatoms. The number of hydrogen-bond acceptors (Lipinski definition) is 4. The summed E-state index contributed by atoms with van der Waals surface area (Å²) in [6.07, 6.45) is 1.66. The van der Waals surface area contributed by atoms with Crippen LogP contribution in [0.25, 0.3) is 0 Å². The van der Waals surface area contributed by atoms with E-state index in [4.69, 9.17) is 4.74 Å². The van der Waals surface area contributed by atoms with E-state index in [0.29, 0.717) is 32.2 Å². The van der Waals surface area contributed by atoms with Gasteiger partial charge in [-0.15, -0.1) is 0 Å². The number of rotatable bonds is 11. The highest BCUT2D eigenvalue weighted by Crippen LogP contribution is 2.18. The highest BCUT2D eigenvalue weighted by atomic mass is 16.5. The molecule has 0 bridgehead atoms. The number of nitrogens with zero attached hydrogens (tertiary/aromatic N) is 2. The molecule has 2 rings (SSSR count). The summed E-state index contributed by atoms with van der Waals surface area (Å²) >= 11 is 0. The monoisotopic (exact) mass is 390 g/mol. The number of hydrogen-bond donors (Lipinski definition) is 3. The van der Waals surface area contributed by atoms with E-state index < -0.39 is 6.10 Å². The molecule has 0 amide bonds. The first kappa shape index (κ1) is 22.7. The van der Waals surface area contributed by atoms with Crippen LogP contribution in [0.1, 0.15) is 38.3 Å². The van der Waals surface area contributed by atoms with Gasteiger partial charge in [0.25, 0.3) is 0 Å². The van der Waals surface area contributed by atoms with Crippen LogP contribution >= 0.6 is 0 Å². The summed E-state index contributed by atoms with van der Waals surface area (Å²) in [6.45, 7) is 12.3. The number of ether oxygens (including phenoxy) is 1. The van der Waals surface area contributed by atoms with Gasteiger partial charge in [-0.25, -0.2) is 0 Å². The predicted octanol–water partition coefficient (Wildman–Crippen LogP) is 2.02. The van der Waals surface area contributed by atoms with E-state index in [1.54, 1.807) is 0 Å². The molecular weight excluding hydrogens is 352 g/mol. The fourth-order valence-electron chi connectivity index (χ4n) is 3.27. The second-order valence-corrected chi connectivity index (χ2v) is 7.85. The molecule has 1 atom stereocenters. The Morgan fingerprint density at radius 2 is 2.00 bits per heavy atom. The molecular formula is C22H38N4O2. The molecule has 1 unspecified atom stereocenters. The largest absolute Gasteiger partial charge is 0.390 e. The normalized spacial score (nSPS) is 16.1. The maximum Gasteiger partial charge on any atom is 0.191 e. The third kappa shape index (κ3) is 8.59. The van der Waals surface area contributed by atoms with Crippen LogP contribution in [0.5, 0.6) is 0 Å². The molecule has 0 fully saturated rings. The van der Waals surface area contributed by atoms with Crippen molar-refractivity contribution < 1.29 is 9.84 Å². The van der Waals surface area contributed by atoms with E-state index in [2.05, 4.69) is 58.6 Å². The third-order valence-electron chi connectivity index (χ3n) is 4.86. The Balaban J connectivity index is 1.69. The number of aliphatic hydroxyl groups is 1. The van der Waals surface area contributed by atoms with Crippen LogP contribution in [0.3, 0.4) is 0 Å². The molecule has 158 valence electrons. The van der Waals surface area contributed by atoms with Gasteiger partial charge >= 0.3 is 0 Å². The van der Waals surface area contributed by atoms with Gasteiger partial charge in [0, 0.05) is 39.3 Å². The average Bonchev–Trinajstić information content (AvgIpc) is 2.68.